The summed E-state index contributed by atoms with van der Waals surface area (Å²) in [6.45, 7) is 15.3. The molecular formula is C43H70O15. The first-order valence-corrected chi connectivity index (χ1v) is 21.8. The van der Waals surface area contributed by atoms with E-state index in [0.717, 1.165) is 25.7 Å². The fraction of sp³-hybridized carbons (Fsp3) is 0.977. The largest absolute Gasteiger partial charge is 0.462 e. The van der Waals surface area contributed by atoms with Crippen molar-refractivity contribution in [3.05, 3.63) is 0 Å². The molecule has 2 spiro atoms. The number of hydrogen-bond donors (Lipinski definition) is 8. The van der Waals surface area contributed by atoms with Crippen LogP contribution in [0.2, 0.25) is 0 Å². The van der Waals surface area contributed by atoms with Gasteiger partial charge in [-0.05, 0) is 117 Å². The summed E-state index contributed by atoms with van der Waals surface area (Å²) >= 11 is 0. The summed E-state index contributed by atoms with van der Waals surface area (Å²) in [6.07, 6.45) is -7.72. The number of ether oxygens (including phenoxy) is 6. The van der Waals surface area contributed by atoms with Crippen molar-refractivity contribution in [1.29, 1.82) is 0 Å². The van der Waals surface area contributed by atoms with Gasteiger partial charge in [-0.2, -0.15) is 0 Å². The van der Waals surface area contributed by atoms with Gasteiger partial charge in [-0.25, -0.2) is 0 Å². The van der Waals surface area contributed by atoms with E-state index in [2.05, 4.69) is 34.6 Å². The Morgan fingerprint density at radius 2 is 1.47 bits per heavy atom. The fourth-order valence-electron chi connectivity index (χ4n) is 15.2. The number of carbonyl (C=O) groups is 1. The number of carbonyl (C=O) groups excluding carboxylic acids is 1. The van der Waals surface area contributed by atoms with Crippen molar-refractivity contribution in [1.82, 2.24) is 0 Å². The molecule has 0 radical (unpaired) electrons. The molecule has 5 aliphatic carbocycles. The summed E-state index contributed by atoms with van der Waals surface area (Å²) < 4.78 is 38.4. The van der Waals surface area contributed by atoms with Crippen LogP contribution >= 0.6 is 0 Å². The zero-order valence-corrected chi connectivity index (χ0v) is 35.5. The van der Waals surface area contributed by atoms with Gasteiger partial charge in [-0.15, -0.1) is 0 Å². The molecule has 8 rings (SSSR count). The monoisotopic (exact) mass is 826 g/mol. The molecule has 332 valence electrons. The number of esters is 1. The van der Waals surface area contributed by atoms with E-state index in [0.29, 0.717) is 32.1 Å². The Morgan fingerprint density at radius 3 is 2.10 bits per heavy atom. The maximum atomic E-state index is 12.9. The molecule has 15 heteroatoms. The lowest BCUT2D eigenvalue weighted by Crippen LogP contribution is -2.65. The molecule has 3 saturated heterocycles. The third-order valence-corrected chi connectivity index (χ3v) is 17.9. The average Bonchev–Trinajstić information content (AvgIpc) is 3.49. The van der Waals surface area contributed by atoms with Crippen LogP contribution in [0.3, 0.4) is 0 Å². The first-order chi connectivity index (χ1) is 26.9. The van der Waals surface area contributed by atoms with Crippen molar-refractivity contribution < 1.29 is 74.1 Å². The minimum atomic E-state index is -1.62. The summed E-state index contributed by atoms with van der Waals surface area (Å²) in [4.78, 5) is 12.9. The molecule has 21 atom stereocenters. The Bertz CT molecular complexity index is 1570. The van der Waals surface area contributed by atoms with Gasteiger partial charge in [0, 0.05) is 12.8 Å². The summed E-state index contributed by atoms with van der Waals surface area (Å²) in [6, 6.07) is 0. The molecule has 0 amide bonds. The fourth-order valence-corrected chi connectivity index (χ4v) is 15.2. The van der Waals surface area contributed by atoms with Crippen LogP contribution in [0.1, 0.15) is 113 Å². The first-order valence-electron chi connectivity index (χ1n) is 21.8. The molecule has 5 saturated carbocycles. The zero-order chi connectivity index (χ0) is 42.3. The Balaban J connectivity index is 1.17. The predicted molar refractivity (Wildman–Crippen MR) is 203 cm³/mol. The van der Waals surface area contributed by atoms with E-state index in [9.17, 15) is 45.6 Å². The van der Waals surface area contributed by atoms with Gasteiger partial charge in [-0.1, -0.05) is 27.7 Å². The second-order valence-electron chi connectivity index (χ2n) is 21.6. The van der Waals surface area contributed by atoms with Gasteiger partial charge < -0.3 is 69.3 Å². The molecule has 8 fully saturated rings. The Morgan fingerprint density at radius 1 is 0.776 bits per heavy atom. The SMILES string of the molecule is CC(=O)O[C@H]1C[C@@]2(C)[C@@H]3C[C@H](O[C@@H]4O[C@H](CO)[C@@H](O)[C@H](O)[C@H]4O)C4C(C)(C)[C@@H](O[C@@H]5OC[C@@H](O)[C@H](O)[C@H]5O)CC[C@@]45C[C@@]35CC[C@]2(C)[C@H]1[C@@]1(C)CC[C@@H](C(C)(C)O)O1. The third-order valence-electron chi connectivity index (χ3n) is 17.9. The Labute approximate surface area is 341 Å². The van der Waals surface area contributed by atoms with Gasteiger partial charge in [0.15, 0.2) is 12.6 Å². The summed E-state index contributed by atoms with van der Waals surface area (Å²) in [7, 11) is 0. The molecule has 15 nitrogen and oxygen atoms in total. The van der Waals surface area contributed by atoms with Crippen molar-refractivity contribution in [2.75, 3.05) is 13.2 Å². The molecule has 8 aliphatic rings. The van der Waals surface area contributed by atoms with Crippen molar-refractivity contribution in [2.45, 2.75) is 204 Å². The Hall–Kier alpha value is -1.05. The lowest BCUT2D eigenvalue weighted by molar-refractivity contribution is -0.339. The molecule has 0 aromatic carbocycles. The molecule has 58 heavy (non-hydrogen) atoms. The van der Waals surface area contributed by atoms with Gasteiger partial charge in [0.2, 0.25) is 0 Å². The minimum absolute atomic E-state index is 0.0661. The van der Waals surface area contributed by atoms with Gasteiger partial charge in [0.25, 0.3) is 0 Å². The highest BCUT2D eigenvalue weighted by molar-refractivity contribution is 5.66. The Kier molecular flexibility index (Phi) is 10.7. The number of aliphatic hydroxyl groups excluding tert-OH is 7. The lowest BCUT2D eigenvalue weighted by atomic mass is 9.41. The molecule has 0 aromatic heterocycles. The number of hydrogen-bond acceptors (Lipinski definition) is 15. The van der Waals surface area contributed by atoms with Gasteiger partial charge >= 0.3 is 5.97 Å². The van der Waals surface area contributed by atoms with Crippen LogP contribution in [0, 0.1) is 44.8 Å². The minimum Gasteiger partial charge on any atom is -0.462 e. The van der Waals surface area contributed by atoms with Gasteiger partial charge in [-0.3, -0.25) is 4.79 Å². The normalized spacial score (nSPS) is 56.1. The van der Waals surface area contributed by atoms with E-state index in [1.165, 1.54) is 6.92 Å². The van der Waals surface area contributed by atoms with Crippen molar-refractivity contribution in [3.8, 4) is 0 Å². The lowest BCUT2D eigenvalue weighted by Gasteiger charge is -2.65. The molecule has 0 bridgehead atoms. The van der Waals surface area contributed by atoms with Crippen LogP contribution in [0.4, 0.5) is 0 Å². The first kappa shape index (κ1) is 43.6. The molecule has 8 N–H and O–H groups in total. The van der Waals surface area contributed by atoms with E-state index < -0.39 is 96.8 Å². The van der Waals surface area contributed by atoms with Crippen LogP contribution in [0.5, 0.6) is 0 Å². The molecule has 3 aliphatic heterocycles. The summed E-state index contributed by atoms with van der Waals surface area (Å²) in [5, 5.41) is 85.5. The third kappa shape index (κ3) is 6.17. The quantitative estimate of drug-likeness (QED) is 0.127. The van der Waals surface area contributed by atoms with E-state index in [1.807, 2.05) is 0 Å². The molecule has 1 unspecified atom stereocenters. The second-order valence-corrected chi connectivity index (χ2v) is 21.6. The van der Waals surface area contributed by atoms with Crippen LogP contribution in [0.25, 0.3) is 0 Å². The number of rotatable bonds is 8. The van der Waals surface area contributed by atoms with Crippen LogP contribution in [-0.2, 0) is 33.2 Å². The van der Waals surface area contributed by atoms with E-state index >= 15 is 0 Å². The van der Waals surface area contributed by atoms with Crippen molar-refractivity contribution in [3.63, 3.8) is 0 Å². The maximum Gasteiger partial charge on any atom is 0.302 e. The standard InChI is InChI=1S/C43H70O15/c1-20(45)54-23-16-40(7)25-15-22(55-36-32(51)30(49)29(48)24(17-44)56-36)33-37(2,3)26(57-35-31(50)28(47)21(46)18-53-35)10-12-43(33)19-42(25,43)14-13-39(40,6)34(23)41(8)11-9-27(58-41)38(4,5)52/h21-36,44,46-52H,9-19H2,1-8H3/t21-,22+,23+,24-,25+,26+,27+,28+,29-,30+,31-,32-,33?,34+,35+,36-,39-,40+,41-,42+,43-/m1/s1. The number of aliphatic hydroxyl groups is 8. The van der Waals surface area contributed by atoms with E-state index in [4.69, 9.17) is 28.4 Å². The van der Waals surface area contributed by atoms with Crippen molar-refractivity contribution >= 4 is 5.97 Å². The number of fused-ring (bicyclic) bond motifs is 2. The maximum absolute atomic E-state index is 12.9. The van der Waals surface area contributed by atoms with E-state index in [1.54, 1.807) is 13.8 Å². The smallest absolute Gasteiger partial charge is 0.302 e. The highest BCUT2D eigenvalue weighted by Gasteiger charge is 2.85. The molecule has 3 heterocycles. The highest BCUT2D eigenvalue weighted by Crippen LogP contribution is 2.89. The summed E-state index contributed by atoms with van der Waals surface area (Å²) in [5.74, 6) is -0.624. The summed E-state index contributed by atoms with van der Waals surface area (Å²) in [5.41, 5.74) is -3.42. The topological polar surface area (TPSA) is 234 Å². The predicted octanol–water partition coefficient (Wildman–Crippen LogP) is 1.29. The average molecular weight is 827 g/mol. The molecular weight excluding hydrogens is 756 g/mol. The van der Waals surface area contributed by atoms with Crippen LogP contribution in [0.15, 0.2) is 0 Å². The van der Waals surface area contributed by atoms with Crippen LogP contribution < -0.4 is 0 Å². The van der Waals surface area contributed by atoms with Crippen LogP contribution in [-0.4, -0.2) is 151 Å². The van der Waals surface area contributed by atoms with Gasteiger partial charge in [0.05, 0.1) is 42.7 Å². The second kappa shape index (κ2) is 14.2. The van der Waals surface area contributed by atoms with E-state index in [-0.39, 0.29) is 58.1 Å². The molecule has 0 aromatic rings. The zero-order valence-electron chi connectivity index (χ0n) is 35.5. The highest BCUT2D eigenvalue weighted by atomic mass is 16.7. The van der Waals surface area contributed by atoms with Gasteiger partial charge in [0.1, 0.15) is 48.8 Å². The van der Waals surface area contributed by atoms with Crippen molar-refractivity contribution in [2.24, 2.45) is 44.8 Å².